The molecule has 0 bridgehead atoms. The highest BCUT2D eigenvalue weighted by molar-refractivity contribution is 6.63. The molecule has 0 aromatic heterocycles. The number of amides is 1. The summed E-state index contributed by atoms with van der Waals surface area (Å²) < 4.78 is 0. The van der Waals surface area contributed by atoms with E-state index in [9.17, 15) is 4.79 Å². The fraction of sp³-hybridized carbons (Fsp3) is 0. The Balaban J connectivity index is 3.19. The van der Waals surface area contributed by atoms with Gasteiger partial charge in [-0.3, -0.25) is 4.79 Å². The predicted molar refractivity (Wildman–Crippen MR) is 56.0 cm³/mol. The maximum absolute atomic E-state index is 10.2. The second kappa shape index (κ2) is 4.66. The first kappa shape index (κ1) is 11.3. The first-order valence-corrected chi connectivity index (χ1v) is 4.37. The number of carbonyl (C=O) groups excluding carboxylic acids is 1. The summed E-state index contributed by atoms with van der Waals surface area (Å²) in [5, 5.41) is 20.5. The van der Waals surface area contributed by atoms with Crippen LogP contribution in [-0.4, -0.2) is 23.6 Å². The number of carbonyl (C=O) groups is 1. The standard InChI is InChI=1S/C7H6BCl2NO3/c9-5-2-6(10)7(11-3-12)1-4(5)8(13)14/h1-3,13-14H,(H,11,12). The van der Waals surface area contributed by atoms with Crippen LogP contribution in [0.4, 0.5) is 5.69 Å². The lowest BCUT2D eigenvalue weighted by Crippen LogP contribution is -2.31. The number of nitrogens with one attached hydrogen (secondary N) is 1. The van der Waals surface area contributed by atoms with Crippen LogP contribution in [-0.2, 0) is 4.79 Å². The average molecular weight is 234 g/mol. The van der Waals surface area contributed by atoms with E-state index in [0.29, 0.717) is 6.41 Å². The first-order chi connectivity index (χ1) is 6.56. The molecule has 0 spiro atoms. The van der Waals surface area contributed by atoms with Gasteiger partial charge in [-0.2, -0.15) is 0 Å². The highest BCUT2D eigenvalue weighted by Gasteiger charge is 2.17. The minimum Gasteiger partial charge on any atom is -0.423 e. The topological polar surface area (TPSA) is 69.6 Å². The molecule has 1 rings (SSSR count). The molecule has 74 valence electrons. The molecule has 3 N–H and O–H groups in total. The first-order valence-electron chi connectivity index (χ1n) is 3.61. The van der Waals surface area contributed by atoms with Crippen LogP contribution in [0.2, 0.25) is 10.0 Å². The van der Waals surface area contributed by atoms with E-state index in [4.69, 9.17) is 33.2 Å². The Bertz CT molecular complexity index is 359. The molecule has 0 aliphatic heterocycles. The van der Waals surface area contributed by atoms with E-state index in [0.717, 1.165) is 0 Å². The zero-order valence-corrected chi connectivity index (χ0v) is 8.38. The Kier molecular flexibility index (Phi) is 3.77. The molecule has 1 aromatic carbocycles. The smallest absolute Gasteiger partial charge is 0.423 e. The molecule has 0 atom stereocenters. The van der Waals surface area contributed by atoms with E-state index in [1.54, 1.807) is 0 Å². The van der Waals surface area contributed by atoms with Crippen molar-refractivity contribution < 1.29 is 14.8 Å². The van der Waals surface area contributed by atoms with Gasteiger partial charge in [0.05, 0.1) is 10.7 Å². The van der Waals surface area contributed by atoms with Crippen molar-refractivity contribution in [3.05, 3.63) is 22.2 Å². The van der Waals surface area contributed by atoms with Crippen molar-refractivity contribution in [1.82, 2.24) is 0 Å². The summed E-state index contributed by atoms with van der Waals surface area (Å²) >= 11 is 11.4. The number of hydrogen-bond donors (Lipinski definition) is 3. The van der Waals surface area contributed by atoms with Crippen molar-refractivity contribution in [2.75, 3.05) is 5.32 Å². The van der Waals surface area contributed by atoms with Crippen LogP contribution in [0.25, 0.3) is 0 Å². The van der Waals surface area contributed by atoms with Crippen LogP contribution in [0.5, 0.6) is 0 Å². The van der Waals surface area contributed by atoms with E-state index in [-0.39, 0.29) is 21.2 Å². The quantitative estimate of drug-likeness (QED) is 0.518. The summed E-state index contributed by atoms with van der Waals surface area (Å²) in [5.74, 6) is 0. The monoisotopic (exact) mass is 233 g/mol. The Labute approximate surface area is 90.6 Å². The maximum atomic E-state index is 10.2. The number of rotatable bonds is 3. The van der Waals surface area contributed by atoms with Gasteiger partial charge in [-0.25, -0.2) is 0 Å². The second-order valence-electron chi connectivity index (χ2n) is 2.49. The van der Waals surface area contributed by atoms with Gasteiger partial charge in [0, 0.05) is 10.5 Å². The third kappa shape index (κ3) is 2.39. The normalized spacial score (nSPS) is 9.71. The van der Waals surface area contributed by atoms with Crippen LogP contribution in [0, 0.1) is 0 Å². The summed E-state index contributed by atoms with van der Waals surface area (Å²) in [6.07, 6.45) is 0.433. The van der Waals surface area contributed by atoms with Gasteiger partial charge in [0.15, 0.2) is 0 Å². The molecule has 14 heavy (non-hydrogen) atoms. The second-order valence-corrected chi connectivity index (χ2v) is 3.30. The highest BCUT2D eigenvalue weighted by atomic mass is 35.5. The van der Waals surface area contributed by atoms with E-state index >= 15 is 0 Å². The summed E-state index contributed by atoms with van der Waals surface area (Å²) in [5.41, 5.74) is 0.356. The molecule has 7 heteroatoms. The molecular weight excluding hydrogens is 228 g/mol. The molecule has 0 aliphatic rings. The third-order valence-corrected chi connectivity index (χ3v) is 2.22. The highest BCUT2D eigenvalue weighted by Crippen LogP contribution is 2.23. The van der Waals surface area contributed by atoms with Gasteiger partial charge < -0.3 is 15.4 Å². The molecule has 1 aromatic rings. The fourth-order valence-electron chi connectivity index (χ4n) is 0.938. The molecule has 0 fully saturated rings. The van der Waals surface area contributed by atoms with Gasteiger partial charge in [-0.15, -0.1) is 0 Å². The van der Waals surface area contributed by atoms with Crippen molar-refractivity contribution >= 4 is 47.9 Å². The van der Waals surface area contributed by atoms with Crippen molar-refractivity contribution in [1.29, 1.82) is 0 Å². The Morgan fingerprint density at radius 1 is 1.29 bits per heavy atom. The molecule has 0 heterocycles. The number of benzene rings is 1. The predicted octanol–water partition coefficient (Wildman–Crippen LogP) is 0.242. The molecule has 0 saturated carbocycles. The van der Waals surface area contributed by atoms with Crippen molar-refractivity contribution in [3.63, 3.8) is 0 Å². The molecule has 0 radical (unpaired) electrons. The SMILES string of the molecule is O=CNc1cc(B(O)O)c(Cl)cc1Cl. The average Bonchev–Trinajstić information content (AvgIpc) is 2.09. The summed E-state index contributed by atoms with van der Waals surface area (Å²) in [6.45, 7) is 0. The lowest BCUT2D eigenvalue weighted by Gasteiger charge is -2.07. The van der Waals surface area contributed by atoms with Gasteiger partial charge in [-0.05, 0) is 12.1 Å². The van der Waals surface area contributed by atoms with Crippen LogP contribution < -0.4 is 10.8 Å². The summed E-state index contributed by atoms with van der Waals surface area (Å²) in [6, 6.07) is 2.62. The van der Waals surface area contributed by atoms with Gasteiger partial charge in [0.1, 0.15) is 0 Å². The van der Waals surface area contributed by atoms with Crippen LogP contribution >= 0.6 is 23.2 Å². The van der Waals surface area contributed by atoms with E-state index in [2.05, 4.69) is 5.32 Å². The van der Waals surface area contributed by atoms with Gasteiger partial charge >= 0.3 is 7.12 Å². The van der Waals surface area contributed by atoms with Crippen molar-refractivity contribution in [3.8, 4) is 0 Å². The van der Waals surface area contributed by atoms with E-state index in [1.165, 1.54) is 12.1 Å². The largest absolute Gasteiger partial charge is 0.490 e. The Hall–Kier alpha value is -0.745. The summed E-state index contributed by atoms with van der Waals surface area (Å²) in [4.78, 5) is 10.2. The minimum atomic E-state index is -1.70. The Morgan fingerprint density at radius 3 is 2.43 bits per heavy atom. The fourth-order valence-corrected chi connectivity index (χ4v) is 1.47. The molecule has 0 saturated heterocycles. The number of anilines is 1. The minimum absolute atomic E-state index is 0.0837. The number of halogens is 2. The Morgan fingerprint density at radius 2 is 1.93 bits per heavy atom. The maximum Gasteiger partial charge on any atom is 0.490 e. The van der Waals surface area contributed by atoms with Crippen LogP contribution in [0.1, 0.15) is 0 Å². The number of hydrogen-bond acceptors (Lipinski definition) is 3. The van der Waals surface area contributed by atoms with Crippen molar-refractivity contribution in [2.24, 2.45) is 0 Å². The van der Waals surface area contributed by atoms with Crippen molar-refractivity contribution in [2.45, 2.75) is 0 Å². The molecule has 4 nitrogen and oxygen atoms in total. The third-order valence-electron chi connectivity index (χ3n) is 1.58. The van der Waals surface area contributed by atoms with Gasteiger partial charge in [0.25, 0.3) is 0 Å². The van der Waals surface area contributed by atoms with Crippen LogP contribution in [0.15, 0.2) is 12.1 Å². The molecule has 0 unspecified atom stereocenters. The lowest BCUT2D eigenvalue weighted by atomic mass is 9.80. The van der Waals surface area contributed by atoms with Gasteiger partial charge in [0.2, 0.25) is 6.41 Å². The zero-order valence-electron chi connectivity index (χ0n) is 6.87. The van der Waals surface area contributed by atoms with E-state index < -0.39 is 7.12 Å². The van der Waals surface area contributed by atoms with Crippen LogP contribution in [0.3, 0.4) is 0 Å². The summed E-state index contributed by atoms with van der Waals surface area (Å²) in [7, 11) is -1.70. The molecule has 0 aliphatic carbocycles. The van der Waals surface area contributed by atoms with Gasteiger partial charge in [-0.1, -0.05) is 23.2 Å². The zero-order chi connectivity index (χ0) is 10.7. The molecular formula is C7H6BCl2NO3. The molecule has 1 amide bonds. The van der Waals surface area contributed by atoms with E-state index in [1.807, 2.05) is 0 Å². The lowest BCUT2D eigenvalue weighted by molar-refractivity contribution is -0.105.